The second-order valence-corrected chi connectivity index (χ2v) is 5.40. The van der Waals surface area contributed by atoms with Crippen LogP contribution in [0.2, 0.25) is 0 Å². The largest absolute Gasteiger partial charge is 0.370 e. The molecule has 106 valence electrons. The highest BCUT2D eigenvalue weighted by molar-refractivity contribution is 5.78. The molecule has 0 saturated heterocycles. The Labute approximate surface area is 115 Å². The molecule has 1 saturated carbocycles. The van der Waals surface area contributed by atoms with Crippen LogP contribution < -0.4 is 11.1 Å². The zero-order valence-corrected chi connectivity index (χ0v) is 12.0. The lowest BCUT2D eigenvalue weighted by Crippen LogP contribution is -2.38. The van der Waals surface area contributed by atoms with Crippen molar-refractivity contribution < 1.29 is 0 Å². The lowest BCUT2D eigenvalue weighted by atomic mass is 10.2. The summed E-state index contributed by atoms with van der Waals surface area (Å²) in [5, 5.41) is 7.73. The van der Waals surface area contributed by atoms with Crippen molar-refractivity contribution in [2.45, 2.75) is 58.5 Å². The molecular formula is C14H25N5. The Morgan fingerprint density at radius 1 is 1.47 bits per heavy atom. The maximum Gasteiger partial charge on any atom is 0.188 e. The smallest absolute Gasteiger partial charge is 0.188 e. The van der Waals surface area contributed by atoms with Crippen LogP contribution in [-0.4, -0.2) is 28.3 Å². The van der Waals surface area contributed by atoms with E-state index in [2.05, 4.69) is 28.4 Å². The van der Waals surface area contributed by atoms with Crippen molar-refractivity contribution in [1.29, 1.82) is 0 Å². The summed E-state index contributed by atoms with van der Waals surface area (Å²) >= 11 is 0. The molecule has 2 rings (SSSR count). The third kappa shape index (κ3) is 4.26. The van der Waals surface area contributed by atoms with E-state index >= 15 is 0 Å². The number of aliphatic imine (C=N–C) groups is 1. The number of hydrogen-bond donors (Lipinski definition) is 2. The van der Waals surface area contributed by atoms with Crippen LogP contribution in [-0.2, 0) is 6.54 Å². The number of aryl methyl sites for hydroxylation is 3. The minimum Gasteiger partial charge on any atom is -0.370 e. The van der Waals surface area contributed by atoms with E-state index in [1.807, 2.05) is 11.6 Å². The van der Waals surface area contributed by atoms with Gasteiger partial charge in [0.2, 0.25) is 0 Å². The first-order valence-corrected chi connectivity index (χ1v) is 7.22. The van der Waals surface area contributed by atoms with Crippen molar-refractivity contribution >= 4 is 5.96 Å². The van der Waals surface area contributed by atoms with E-state index in [-0.39, 0.29) is 0 Å². The van der Waals surface area contributed by atoms with Gasteiger partial charge >= 0.3 is 0 Å². The molecule has 5 nitrogen and oxygen atoms in total. The summed E-state index contributed by atoms with van der Waals surface area (Å²) in [6, 6.07) is 2.64. The quantitative estimate of drug-likeness (QED) is 0.483. The Morgan fingerprint density at radius 2 is 2.21 bits per heavy atom. The number of guanidine groups is 1. The van der Waals surface area contributed by atoms with Gasteiger partial charge in [0.1, 0.15) is 0 Å². The summed E-state index contributed by atoms with van der Waals surface area (Å²) < 4.78 is 2.03. The van der Waals surface area contributed by atoms with Gasteiger partial charge in [0.05, 0.1) is 5.69 Å². The highest BCUT2D eigenvalue weighted by Gasteiger charge is 2.14. The van der Waals surface area contributed by atoms with Crippen molar-refractivity contribution in [3.63, 3.8) is 0 Å². The molecule has 19 heavy (non-hydrogen) atoms. The molecule has 0 atom stereocenters. The Kier molecular flexibility index (Phi) is 4.82. The van der Waals surface area contributed by atoms with Crippen LogP contribution in [0.1, 0.15) is 43.5 Å². The average molecular weight is 263 g/mol. The van der Waals surface area contributed by atoms with Crippen molar-refractivity contribution in [3.05, 3.63) is 17.5 Å². The van der Waals surface area contributed by atoms with Gasteiger partial charge in [-0.1, -0.05) is 12.8 Å². The van der Waals surface area contributed by atoms with E-state index in [9.17, 15) is 0 Å². The van der Waals surface area contributed by atoms with Gasteiger partial charge in [0.25, 0.3) is 0 Å². The van der Waals surface area contributed by atoms with E-state index in [0.717, 1.165) is 25.2 Å². The topological polar surface area (TPSA) is 68.2 Å². The predicted octanol–water partition coefficient (Wildman–Crippen LogP) is 1.74. The Balaban J connectivity index is 1.69. The van der Waals surface area contributed by atoms with Crippen molar-refractivity contribution in [2.24, 2.45) is 10.7 Å². The molecule has 0 radical (unpaired) electrons. The van der Waals surface area contributed by atoms with Crippen LogP contribution in [0.15, 0.2) is 11.1 Å². The molecule has 1 aliphatic carbocycles. The fraction of sp³-hybridized carbons (Fsp3) is 0.714. The fourth-order valence-electron chi connectivity index (χ4n) is 2.65. The molecule has 0 aromatic carbocycles. The molecule has 0 unspecified atom stereocenters. The third-order valence-corrected chi connectivity index (χ3v) is 3.62. The predicted molar refractivity (Wildman–Crippen MR) is 78.2 cm³/mol. The molecule has 1 heterocycles. The first-order chi connectivity index (χ1) is 9.15. The summed E-state index contributed by atoms with van der Waals surface area (Å²) in [6.07, 6.45) is 6.03. The van der Waals surface area contributed by atoms with Gasteiger partial charge in [-0.15, -0.1) is 0 Å². The highest BCUT2D eigenvalue weighted by atomic mass is 15.3. The van der Waals surface area contributed by atoms with Crippen LogP contribution in [0.3, 0.4) is 0 Å². The number of rotatable bonds is 5. The van der Waals surface area contributed by atoms with Crippen LogP contribution in [0.25, 0.3) is 0 Å². The van der Waals surface area contributed by atoms with Gasteiger partial charge in [-0.3, -0.25) is 9.67 Å². The Morgan fingerprint density at radius 3 is 2.84 bits per heavy atom. The SMILES string of the molecule is Cc1cc(C)n(CCCN=C(N)NC2CCCC2)n1. The van der Waals surface area contributed by atoms with Gasteiger partial charge in [0.15, 0.2) is 5.96 Å². The van der Waals surface area contributed by atoms with Crippen LogP contribution >= 0.6 is 0 Å². The number of nitrogens with one attached hydrogen (secondary N) is 1. The third-order valence-electron chi connectivity index (χ3n) is 3.62. The van der Waals surface area contributed by atoms with Crippen LogP contribution in [0.5, 0.6) is 0 Å². The van der Waals surface area contributed by atoms with Gasteiger partial charge in [-0.05, 0) is 39.2 Å². The second-order valence-electron chi connectivity index (χ2n) is 5.40. The molecule has 1 fully saturated rings. The van der Waals surface area contributed by atoms with Crippen LogP contribution in [0, 0.1) is 13.8 Å². The van der Waals surface area contributed by atoms with E-state index in [4.69, 9.17) is 5.73 Å². The number of nitrogens with zero attached hydrogens (tertiary/aromatic N) is 3. The summed E-state index contributed by atoms with van der Waals surface area (Å²) in [6.45, 7) is 5.76. The molecular weight excluding hydrogens is 238 g/mol. The Hall–Kier alpha value is -1.52. The maximum absolute atomic E-state index is 5.88. The second kappa shape index (κ2) is 6.59. The monoisotopic (exact) mass is 263 g/mol. The summed E-state index contributed by atoms with van der Waals surface area (Å²) in [5.74, 6) is 0.597. The lowest BCUT2D eigenvalue weighted by molar-refractivity contribution is 0.566. The Bertz CT molecular complexity index is 429. The number of nitrogens with two attached hydrogens (primary N) is 1. The van der Waals surface area contributed by atoms with Gasteiger partial charge < -0.3 is 11.1 Å². The first-order valence-electron chi connectivity index (χ1n) is 7.22. The number of hydrogen-bond acceptors (Lipinski definition) is 2. The van der Waals surface area contributed by atoms with E-state index < -0.39 is 0 Å². The summed E-state index contributed by atoms with van der Waals surface area (Å²) in [7, 11) is 0. The molecule has 5 heteroatoms. The molecule has 3 N–H and O–H groups in total. The molecule has 1 aromatic heterocycles. The summed E-state index contributed by atoms with van der Waals surface area (Å²) in [4.78, 5) is 4.38. The molecule has 1 aliphatic rings. The van der Waals surface area contributed by atoms with Gasteiger partial charge in [-0.25, -0.2) is 0 Å². The first kappa shape index (κ1) is 13.9. The molecule has 0 aliphatic heterocycles. The van der Waals surface area contributed by atoms with Crippen molar-refractivity contribution in [3.8, 4) is 0 Å². The zero-order chi connectivity index (χ0) is 13.7. The molecule has 1 aromatic rings. The van der Waals surface area contributed by atoms with Gasteiger partial charge in [0, 0.05) is 24.8 Å². The number of aromatic nitrogens is 2. The normalized spacial score (nSPS) is 17.1. The van der Waals surface area contributed by atoms with Crippen molar-refractivity contribution in [1.82, 2.24) is 15.1 Å². The minimum absolute atomic E-state index is 0.541. The van der Waals surface area contributed by atoms with E-state index in [1.165, 1.54) is 31.4 Å². The standard InChI is InChI=1S/C14H25N5/c1-11-10-12(2)19(18-11)9-5-8-16-14(15)17-13-6-3-4-7-13/h10,13H,3-9H2,1-2H3,(H3,15,16,17). The lowest BCUT2D eigenvalue weighted by Gasteiger charge is -2.12. The van der Waals surface area contributed by atoms with E-state index in [1.54, 1.807) is 0 Å². The maximum atomic E-state index is 5.88. The fourth-order valence-corrected chi connectivity index (χ4v) is 2.65. The summed E-state index contributed by atoms with van der Waals surface area (Å²) in [5.41, 5.74) is 8.16. The minimum atomic E-state index is 0.541. The highest BCUT2D eigenvalue weighted by Crippen LogP contribution is 2.17. The van der Waals surface area contributed by atoms with Crippen molar-refractivity contribution in [2.75, 3.05) is 6.54 Å². The average Bonchev–Trinajstić information content (AvgIpc) is 2.95. The van der Waals surface area contributed by atoms with Gasteiger partial charge in [-0.2, -0.15) is 5.10 Å². The van der Waals surface area contributed by atoms with E-state index in [0.29, 0.717) is 12.0 Å². The van der Waals surface area contributed by atoms with Crippen LogP contribution in [0.4, 0.5) is 0 Å². The molecule has 0 spiro atoms. The molecule has 0 bridgehead atoms. The molecule has 0 amide bonds. The zero-order valence-electron chi connectivity index (χ0n) is 12.0.